The Bertz CT molecular complexity index is 644. The second-order valence-electron chi connectivity index (χ2n) is 13.8. The van der Waals surface area contributed by atoms with E-state index < -0.39 is 11.6 Å². The van der Waals surface area contributed by atoms with Crippen LogP contribution in [0.4, 0.5) is 0 Å². The van der Waals surface area contributed by atoms with Crippen molar-refractivity contribution in [1.82, 2.24) is 0 Å². The van der Waals surface area contributed by atoms with E-state index in [9.17, 15) is 10.2 Å². The van der Waals surface area contributed by atoms with Crippen molar-refractivity contribution in [2.75, 3.05) is 94.0 Å². The highest BCUT2D eigenvalue weighted by atomic mass is 79.9. The molecule has 0 heterocycles. The molecule has 0 aromatic carbocycles. The van der Waals surface area contributed by atoms with Gasteiger partial charge in [-0.3, -0.25) is 0 Å². The van der Waals surface area contributed by atoms with Gasteiger partial charge in [0, 0.05) is 38.3 Å². The standard InChI is InChI=1S/C32H66N2O6.2BrH/c1-9-37-23-21-33(5,6)25-31(35,39-11-3)29-17-13-27(14-18-29)28-15-19-30(20-16-28)32(36,40-12-4)26-34(7,8)22-24-38-10-2;;/h27-30,35-36H,9-26H2,1-8H3;2*1H/q+2;;/p-2. The molecule has 0 aromatic rings. The number of likely N-dealkylation sites (N-methyl/N-ethyl adjacent to an activating group) is 2. The Labute approximate surface area is 279 Å². The lowest BCUT2D eigenvalue weighted by Crippen LogP contribution is -3.00. The molecule has 2 unspecified atom stereocenters. The number of aliphatic hydroxyl groups is 2. The first-order valence-electron chi connectivity index (χ1n) is 16.4. The van der Waals surface area contributed by atoms with Crippen LogP contribution in [0.15, 0.2) is 0 Å². The van der Waals surface area contributed by atoms with Crippen LogP contribution in [0.2, 0.25) is 0 Å². The Hall–Kier alpha value is 0.640. The molecular weight excluding hydrogens is 668 g/mol. The van der Waals surface area contributed by atoms with Gasteiger partial charge < -0.3 is 72.1 Å². The predicted molar refractivity (Wildman–Crippen MR) is 161 cm³/mol. The first kappa shape index (κ1) is 42.6. The molecule has 42 heavy (non-hydrogen) atoms. The lowest BCUT2D eigenvalue weighted by Gasteiger charge is -2.47. The Balaban J connectivity index is 0.00000840. The van der Waals surface area contributed by atoms with Crippen LogP contribution in [0.1, 0.15) is 79.1 Å². The molecule has 0 spiro atoms. The van der Waals surface area contributed by atoms with Crippen LogP contribution in [-0.4, -0.2) is 125 Å². The van der Waals surface area contributed by atoms with Crippen LogP contribution < -0.4 is 34.0 Å². The molecule has 0 bridgehead atoms. The minimum absolute atomic E-state index is 0. The van der Waals surface area contributed by atoms with Gasteiger partial charge in [-0.15, -0.1) is 0 Å². The average Bonchev–Trinajstić information content (AvgIpc) is 2.88. The van der Waals surface area contributed by atoms with Crippen molar-refractivity contribution in [2.24, 2.45) is 23.7 Å². The monoisotopic (exact) mass is 732 g/mol. The summed E-state index contributed by atoms with van der Waals surface area (Å²) in [5.74, 6) is -0.444. The van der Waals surface area contributed by atoms with Gasteiger partial charge in [-0.1, -0.05) is 0 Å². The number of ether oxygens (including phenoxy) is 4. The molecule has 2 N–H and O–H groups in total. The maximum atomic E-state index is 11.7. The highest BCUT2D eigenvalue weighted by molar-refractivity contribution is 4.89. The van der Waals surface area contributed by atoms with E-state index in [4.69, 9.17) is 18.9 Å². The first-order chi connectivity index (χ1) is 18.8. The van der Waals surface area contributed by atoms with E-state index in [1.807, 2.05) is 27.7 Å². The van der Waals surface area contributed by atoms with Gasteiger partial charge in [0.05, 0.1) is 41.4 Å². The van der Waals surface area contributed by atoms with Crippen LogP contribution in [0, 0.1) is 23.7 Å². The highest BCUT2D eigenvalue weighted by Gasteiger charge is 2.48. The molecule has 10 heteroatoms. The average molecular weight is 735 g/mol. The zero-order valence-electron chi connectivity index (χ0n) is 28.2. The van der Waals surface area contributed by atoms with Crippen LogP contribution in [-0.2, 0) is 18.9 Å². The van der Waals surface area contributed by atoms with E-state index in [-0.39, 0.29) is 45.8 Å². The summed E-state index contributed by atoms with van der Waals surface area (Å²) in [6.07, 6.45) is 8.67. The summed E-state index contributed by atoms with van der Waals surface area (Å²) in [5, 5.41) is 23.5. The van der Waals surface area contributed by atoms with Gasteiger partial charge >= 0.3 is 0 Å². The molecule has 2 atom stereocenters. The van der Waals surface area contributed by atoms with Crippen molar-refractivity contribution in [3.05, 3.63) is 0 Å². The summed E-state index contributed by atoms with van der Waals surface area (Å²) < 4.78 is 24.7. The topological polar surface area (TPSA) is 77.4 Å². The van der Waals surface area contributed by atoms with E-state index in [0.717, 1.165) is 77.7 Å². The zero-order valence-corrected chi connectivity index (χ0v) is 31.4. The van der Waals surface area contributed by atoms with Crippen LogP contribution >= 0.6 is 0 Å². The van der Waals surface area contributed by atoms with Gasteiger partial charge in [0.2, 0.25) is 11.6 Å². The fraction of sp³-hybridized carbons (Fsp3) is 1.00. The van der Waals surface area contributed by atoms with E-state index in [2.05, 4.69) is 28.2 Å². The van der Waals surface area contributed by atoms with Gasteiger partial charge in [0.1, 0.15) is 26.2 Å². The summed E-state index contributed by atoms with van der Waals surface area (Å²) in [6, 6.07) is 0. The third-order valence-corrected chi connectivity index (χ3v) is 9.67. The second-order valence-corrected chi connectivity index (χ2v) is 13.8. The van der Waals surface area contributed by atoms with E-state index >= 15 is 0 Å². The summed E-state index contributed by atoms with van der Waals surface area (Å²) >= 11 is 0. The lowest BCUT2D eigenvalue weighted by atomic mass is 9.67. The SMILES string of the molecule is CCOCC[N+](C)(C)CC(O)(OCC)C1CCC(C2CCC(C(O)(C[N+](C)(C)CCOCC)OCC)CC2)CC1.[Br-].[Br-]. The number of quaternary nitrogens is 2. The Morgan fingerprint density at radius 3 is 1.12 bits per heavy atom. The third-order valence-electron chi connectivity index (χ3n) is 9.67. The molecule has 2 rings (SSSR count). The molecule has 8 nitrogen and oxygen atoms in total. The van der Waals surface area contributed by atoms with Crippen LogP contribution in [0.5, 0.6) is 0 Å². The highest BCUT2D eigenvalue weighted by Crippen LogP contribution is 2.46. The first-order valence-corrected chi connectivity index (χ1v) is 16.4. The number of hydrogen-bond acceptors (Lipinski definition) is 6. The minimum Gasteiger partial charge on any atom is -1.00 e. The van der Waals surface area contributed by atoms with Crippen LogP contribution in [0.25, 0.3) is 0 Å². The maximum Gasteiger partial charge on any atom is 0.219 e. The summed E-state index contributed by atoms with van der Waals surface area (Å²) in [7, 11) is 8.65. The van der Waals surface area contributed by atoms with Gasteiger partial charge in [0.15, 0.2) is 0 Å². The second kappa shape index (κ2) is 20.0. The molecular formula is C32H66Br2N2O6. The van der Waals surface area contributed by atoms with Crippen molar-refractivity contribution >= 4 is 0 Å². The largest absolute Gasteiger partial charge is 1.00 e. The van der Waals surface area contributed by atoms with Crippen molar-refractivity contribution in [3.63, 3.8) is 0 Å². The molecule has 2 aliphatic rings. The molecule has 2 aliphatic carbocycles. The number of halogens is 2. The fourth-order valence-corrected chi connectivity index (χ4v) is 7.47. The zero-order chi connectivity index (χ0) is 29.9. The molecule has 254 valence electrons. The number of hydrogen-bond donors (Lipinski definition) is 2. The predicted octanol–water partition coefficient (Wildman–Crippen LogP) is -1.72. The number of nitrogens with zero attached hydrogens (tertiary/aromatic N) is 2. The normalized spacial score (nSPS) is 26.4. The summed E-state index contributed by atoms with van der Waals surface area (Å²) in [4.78, 5) is 0. The summed E-state index contributed by atoms with van der Waals surface area (Å²) in [6.45, 7) is 14.8. The molecule has 0 radical (unpaired) electrons. The molecule has 2 saturated carbocycles. The Morgan fingerprint density at radius 1 is 0.548 bits per heavy atom. The van der Waals surface area contributed by atoms with Crippen molar-refractivity contribution in [3.8, 4) is 0 Å². The van der Waals surface area contributed by atoms with Crippen molar-refractivity contribution in [2.45, 2.75) is 90.6 Å². The molecule has 0 amide bonds. The maximum absolute atomic E-state index is 11.7. The van der Waals surface area contributed by atoms with E-state index in [0.29, 0.717) is 60.3 Å². The molecule has 0 aromatic heterocycles. The van der Waals surface area contributed by atoms with Crippen LogP contribution in [0.3, 0.4) is 0 Å². The van der Waals surface area contributed by atoms with Crippen molar-refractivity contribution in [1.29, 1.82) is 0 Å². The smallest absolute Gasteiger partial charge is 0.219 e. The lowest BCUT2D eigenvalue weighted by molar-refractivity contribution is -0.901. The van der Waals surface area contributed by atoms with E-state index in [1.54, 1.807) is 0 Å². The summed E-state index contributed by atoms with van der Waals surface area (Å²) in [5.41, 5.74) is 0. The van der Waals surface area contributed by atoms with Gasteiger partial charge in [-0.2, -0.15) is 0 Å². The van der Waals surface area contributed by atoms with Gasteiger partial charge in [-0.05, 0) is 90.9 Å². The van der Waals surface area contributed by atoms with Crippen molar-refractivity contribution < 1.29 is 72.1 Å². The van der Waals surface area contributed by atoms with E-state index in [1.165, 1.54) is 0 Å². The quantitative estimate of drug-likeness (QED) is 0.0937. The molecule has 0 saturated heterocycles. The third kappa shape index (κ3) is 13.6. The Kier molecular flexibility index (Phi) is 20.3. The number of rotatable bonds is 19. The Morgan fingerprint density at radius 2 is 0.857 bits per heavy atom. The molecule has 0 aliphatic heterocycles. The van der Waals surface area contributed by atoms with Gasteiger partial charge in [-0.25, -0.2) is 0 Å². The molecule has 2 fully saturated rings. The fourth-order valence-electron chi connectivity index (χ4n) is 7.47. The van der Waals surface area contributed by atoms with Gasteiger partial charge in [0.25, 0.3) is 0 Å². The minimum atomic E-state index is -1.09.